The molecule has 1 heterocycles. The zero-order valence-corrected chi connectivity index (χ0v) is 18.3. The van der Waals surface area contributed by atoms with Gasteiger partial charge in [-0.1, -0.05) is 23.7 Å². The maximum Gasteiger partial charge on any atom is 0.255 e. The zero-order chi connectivity index (χ0) is 22.0. The average Bonchev–Trinajstić information content (AvgIpc) is 2.77. The predicted molar refractivity (Wildman–Crippen MR) is 126 cm³/mol. The van der Waals surface area contributed by atoms with Gasteiger partial charge in [-0.05, 0) is 72.1 Å². The second kappa shape index (κ2) is 8.82. The molecule has 31 heavy (non-hydrogen) atoms. The SMILES string of the molecule is CN(C)c1ccc(C(=O)Nc2ccc3c(c2)CCC(=O)N3Cc2ccc(Cl)cc2)cc1. The van der Waals surface area contributed by atoms with Crippen LogP contribution >= 0.6 is 11.6 Å². The predicted octanol–water partition coefficient (Wildman–Crippen LogP) is 5.14. The van der Waals surface area contributed by atoms with Crippen LogP contribution in [0.2, 0.25) is 5.02 Å². The number of nitrogens with one attached hydrogen (secondary N) is 1. The molecule has 0 bridgehead atoms. The van der Waals surface area contributed by atoms with Gasteiger partial charge >= 0.3 is 0 Å². The number of aryl methyl sites for hydroxylation is 1. The summed E-state index contributed by atoms with van der Waals surface area (Å²) in [7, 11) is 3.92. The lowest BCUT2D eigenvalue weighted by Crippen LogP contribution is -2.34. The molecule has 0 saturated heterocycles. The van der Waals surface area contributed by atoms with Crippen molar-refractivity contribution >= 4 is 40.5 Å². The summed E-state index contributed by atoms with van der Waals surface area (Å²) < 4.78 is 0. The topological polar surface area (TPSA) is 52.7 Å². The fraction of sp³-hybridized carbons (Fsp3) is 0.200. The summed E-state index contributed by atoms with van der Waals surface area (Å²) in [6, 6.07) is 20.7. The van der Waals surface area contributed by atoms with Crippen molar-refractivity contribution in [2.24, 2.45) is 0 Å². The van der Waals surface area contributed by atoms with Crippen LogP contribution in [0, 0.1) is 0 Å². The Bertz CT molecular complexity index is 1110. The van der Waals surface area contributed by atoms with Crippen LogP contribution in [0.3, 0.4) is 0 Å². The molecule has 0 fully saturated rings. The highest BCUT2D eigenvalue weighted by atomic mass is 35.5. The van der Waals surface area contributed by atoms with Crippen LogP contribution in [0.5, 0.6) is 0 Å². The Morgan fingerprint density at radius 3 is 2.39 bits per heavy atom. The van der Waals surface area contributed by atoms with Crippen LogP contribution in [0.15, 0.2) is 66.7 Å². The lowest BCUT2D eigenvalue weighted by Gasteiger charge is -2.30. The van der Waals surface area contributed by atoms with Crippen LogP contribution in [-0.2, 0) is 17.8 Å². The van der Waals surface area contributed by atoms with E-state index in [-0.39, 0.29) is 11.8 Å². The Hall–Kier alpha value is -3.31. The number of halogens is 1. The molecule has 0 aromatic heterocycles. The first-order chi connectivity index (χ1) is 14.9. The molecular formula is C25H24ClN3O2. The van der Waals surface area contributed by atoms with E-state index in [1.54, 1.807) is 4.90 Å². The molecule has 0 radical (unpaired) electrons. The Balaban J connectivity index is 1.51. The van der Waals surface area contributed by atoms with E-state index in [2.05, 4.69) is 5.32 Å². The number of nitrogens with zero attached hydrogens (tertiary/aromatic N) is 2. The number of hydrogen-bond donors (Lipinski definition) is 1. The Labute approximate surface area is 187 Å². The summed E-state index contributed by atoms with van der Waals surface area (Å²) in [6.07, 6.45) is 1.11. The molecule has 3 aromatic rings. The van der Waals surface area contributed by atoms with Gasteiger partial charge in [-0.15, -0.1) is 0 Å². The largest absolute Gasteiger partial charge is 0.378 e. The van der Waals surface area contributed by atoms with Crippen molar-refractivity contribution in [2.45, 2.75) is 19.4 Å². The van der Waals surface area contributed by atoms with Crippen molar-refractivity contribution in [3.05, 3.63) is 88.4 Å². The first-order valence-electron chi connectivity index (χ1n) is 10.2. The van der Waals surface area contributed by atoms with Crippen molar-refractivity contribution in [1.82, 2.24) is 0 Å². The summed E-state index contributed by atoms with van der Waals surface area (Å²) in [5.41, 5.74) is 5.32. The normalized spacial score (nSPS) is 13.0. The van der Waals surface area contributed by atoms with Crippen molar-refractivity contribution < 1.29 is 9.59 Å². The average molecular weight is 434 g/mol. The molecule has 6 heteroatoms. The highest BCUT2D eigenvalue weighted by Crippen LogP contribution is 2.32. The Morgan fingerprint density at radius 2 is 1.71 bits per heavy atom. The standard InChI is InChI=1S/C25H24ClN3O2/c1-28(2)22-11-5-18(6-12-22)25(31)27-21-10-13-23-19(15-21)7-14-24(30)29(23)16-17-3-8-20(26)9-4-17/h3-6,8-13,15H,7,14,16H2,1-2H3,(H,27,31). The van der Waals surface area contributed by atoms with Gasteiger partial charge in [0, 0.05) is 48.2 Å². The molecule has 0 spiro atoms. The molecule has 3 aromatic carbocycles. The smallest absolute Gasteiger partial charge is 0.255 e. The maximum absolute atomic E-state index is 12.6. The van der Waals surface area contributed by atoms with Crippen LogP contribution < -0.4 is 15.1 Å². The van der Waals surface area contributed by atoms with E-state index in [0.29, 0.717) is 30.0 Å². The van der Waals surface area contributed by atoms with Crippen molar-refractivity contribution in [1.29, 1.82) is 0 Å². The highest BCUT2D eigenvalue weighted by molar-refractivity contribution is 6.30. The van der Waals surface area contributed by atoms with E-state index in [0.717, 1.165) is 28.2 Å². The van der Waals surface area contributed by atoms with E-state index < -0.39 is 0 Å². The summed E-state index contributed by atoms with van der Waals surface area (Å²) in [5, 5.41) is 3.64. The van der Waals surface area contributed by atoms with Gasteiger partial charge in [0.15, 0.2) is 0 Å². The Morgan fingerprint density at radius 1 is 1.00 bits per heavy atom. The molecule has 0 atom stereocenters. The number of carbonyl (C=O) groups is 2. The molecular weight excluding hydrogens is 410 g/mol. The molecule has 0 unspecified atom stereocenters. The van der Waals surface area contributed by atoms with E-state index >= 15 is 0 Å². The number of anilines is 3. The first-order valence-corrected chi connectivity index (χ1v) is 10.5. The molecule has 1 aliphatic heterocycles. The second-order valence-electron chi connectivity index (χ2n) is 7.85. The number of rotatable bonds is 5. The van der Waals surface area contributed by atoms with Gasteiger partial charge in [0.2, 0.25) is 5.91 Å². The minimum atomic E-state index is -0.157. The van der Waals surface area contributed by atoms with E-state index in [1.165, 1.54) is 0 Å². The lowest BCUT2D eigenvalue weighted by atomic mass is 9.99. The third-order valence-electron chi connectivity index (χ3n) is 5.44. The molecule has 2 amide bonds. The molecule has 1 N–H and O–H groups in total. The lowest BCUT2D eigenvalue weighted by molar-refractivity contribution is -0.119. The van der Waals surface area contributed by atoms with E-state index in [1.807, 2.05) is 85.7 Å². The third-order valence-corrected chi connectivity index (χ3v) is 5.69. The first kappa shape index (κ1) is 20.9. The van der Waals surface area contributed by atoms with Gasteiger partial charge in [0.1, 0.15) is 0 Å². The summed E-state index contributed by atoms with van der Waals surface area (Å²) in [4.78, 5) is 29.0. The quantitative estimate of drug-likeness (QED) is 0.606. The molecule has 5 nitrogen and oxygen atoms in total. The highest BCUT2D eigenvalue weighted by Gasteiger charge is 2.24. The number of hydrogen-bond acceptors (Lipinski definition) is 3. The van der Waals surface area contributed by atoms with Gasteiger partial charge in [0.05, 0.1) is 6.54 Å². The van der Waals surface area contributed by atoms with E-state index in [9.17, 15) is 9.59 Å². The minimum Gasteiger partial charge on any atom is -0.378 e. The second-order valence-corrected chi connectivity index (χ2v) is 8.28. The number of benzene rings is 3. The van der Waals surface area contributed by atoms with Gasteiger partial charge in [-0.3, -0.25) is 9.59 Å². The van der Waals surface area contributed by atoms with Crippen LogP contribution in [0.25, 0.3) is 0 Å². The van der Waals surface area contributed by atoms with Gasteiger partial charge in [-0.2, -0.15) is 0 Å². The molecule has 4 rings (SSSR count). The fourth-order valence-electron chi connectivity index (χ4n) is 3.70. The van der Waals surface area contributed by atoms with Crippen LogP contribution in [0.1, 0.15) is 27.9 Å². The van der Waals surface area contributed by atoms with Crippen LogP contribution in [0.4, 0.5) is 17.1 Å². The number of amides is 2. The molecule has 0 saturated carbocycles. The maximum atomic E-state index is 12.6. The van der Waals surface area contributed by atoms with Crippen molar-refractivity contribution in [3.63, 3.8) is 0 Å². The van der Waals surface area contributed by atoms with Gasteiger partial charge < -0.3 is 15.1 Å². The molecule has 158 valence electrons. The van der Waals surface area contributed by atoms with Gasteiger partial charge in [0.25, 0.3) is 5.91 Å². The fourth-order valence-corrected chi connectivity index (χ4v) is 3.82. The minimum absolute atomic E-state index is 0.0974. The van der Waals surface area contributed by atoms with Crippen LogP contribution in [-0.4, -0.2) is 25.9 Å². The molecule has 1 aliphatic rings. The third kappa shape index (κ3) is 4.72. The number of fused-ring (bicyclic) bond motifs is 1. The van der Waals surface area contributed by atoms with Gasteiger partial charge in [-0.25, -0.2) is 0 Å². The summed E-state index contributed by atoms with van der Waals surface area (Å²) >= 11 is 5.97. The molecule has 0 aliphatic carbocycles. The summed E-state index contributed by atoms with van der Waals surface area (Å²) in [5.74, 6) is -0.0598. The van der Waals surface area contributed by atoms with E-state index in [4.69, 9.17) is 11.6 Å². The number of carbonyl (C=O) groups excluding carboxylic acids is 2. The monoisotopic (exact) mass is 433 g/mol. The van der Waals surface area contributed by atoms with Crippen molar-refractivity contribution in [2.75, 3.05) is 29.2 Å². The summed E-state index contributed by atoms with van der Waals surface area (Å²) in [6.45, 7) is 0.493. The zero-order valence-electron chi connectivity index (χ0n) is 17.6. The Kier molecular flexibility index (Phi) is 5.96. The van der Waals surface area contributed by atoms with Crippen molar-refractivity contribution in [3.8, 4) is 0 Å².